The maximum Gasteiger partial charge on any atom is 0.351 e. The third-order valence-electron chi connectivity index (χ3n) is 23.8. The molecule has 28 atom stereocenters. The lowest BCUT2D eigenvalue weighted by Gasteiger charge is -2.36. The zero-order valence-electron chi connectivity index (χ0n) is 75.8. The van der Waals surface area contributed by atoms with Crippen molar-refractivity contribution in [3.8, 4) is 0 Å². The Kier molecular flexibility index (Phi) is 34.0. The van der Waals surface area contributed by atoms with E-state index in [0.29, 0.717) is 5.56 Å². The first-order chi connectivity index (χ1) is 67.8. The smallest absolute Gasteiger partial charge is 0.351 e. The zero-order valence-corrected chi connectivity index (χ0v) is 87.8. The van der Waals surface area contributed by atoms with Crippen LogP contribution in [0.5, 0.6) is 0 Å². The molecule has 0 saturated carbocycles. The molecule has 788 valence electrons. The summed E-state index contributed by atoms with van der Waals surface area (Å²) in [5.74, 6) is -0.0963. The van der Waals surface area contributed by atoms with Gasteiger partial charge in [0.05, 0.1) is 101 Å². The third kappa shape index (κ3) is 25.9. The number of aryl methyl sites for hydroxylation is 5. The van der Waals surface area contributed by atoms with E-state index < -0.39 is 286 Å². The lowest BCUT2D eigenvalue weighted by Crippen LogP contribution is -2.34. The van der Waals surface area contributed by atoms with Gasteiger partial charge in [0.25, 0.3) is 22.2 Å². The summed E-state index contributed by atoms with van der Waals surface area (Å²) in [5, 5.41) is 0. The van der Waals surface area contributed by atoms with Gasteiger partial charge in [-0.3, -0.25) is 75.6 Å². The van der Waals surface area contributed by atoms with Crippen molar-refractivity contribution in [1.29, 1.82) is 0 Å². The number of aromatic nitrogens is 18. The molecular formula is C72H89N21O37P7S7-7. The normalized spacial score (nSPS) is 29.7. The van der Waals surface area contributed by atoms with Crippen molar-refractivity contribution in [3.63, 3.8) is 0 Å². The van der Waals surface area contributed by atoms with Gasteiger partial charge in [0.1, 0.15) is 150 Å². The Morgan fingerprint density at radius 3 is 0.903 bits per heavy atom. The minimum absolute atomic E-state index is 0.000159. The molecule has 7 aliphatic heterocycles. The van der Waals surface area contributed by atoms with Crippen molar-refractivity contribution in [2.75, 3.05) is 64.0 Å². The average molecular weight is 2280 g/mol. The summed E-state index contributed by atoms with van der Waals surface area (Å²) in [6.45, 7) is -29.8. The molecule has 0 bridgehead atoms. The van der Waals surface area contributed by atoms with Gasteiger partial charge in [0.2, 0.25) is 0 Å². The van der Waals surface area contributed by atoms with Crippen LogP contribution in [0.2, 0.25) is 0 Å². The van der Waals surface area contributed by atoms with Gasteiger partial charge < -0.3 is 155 Å². The monoisotopic (exact) mass is 2280 g/mol. The van der Waals surface area contributed by atoms with E-state index >= 15 is 4.89 Å². The van der Waals surface area contributed by atoms with Gasteiger partial charge in [-0.05, 0) is 41.0 Å². The van der Waals surface area contributed by atoms with Crippen molar-refractivity contribution in [2.45, 2.75) is 222 Å². The van der Waals surface area contributed by atoms with Crippen molar-refractivity contribution in [2.24, 2.45) is 0 Å². The lowest BCUT2D eigenvalue weighted by molar-refractivity contribution is -0.221. The number of aromatic amines is 4. The standard InChI is InChI=1S/C72H96N21O37P7S7/c1-8-36-37(9-50(117-36)87-16-31(2)59(73)82-68(87)98)125-132(104,139)111-22-45-39(11-52(119-45)89-18-33(4)65(95)84-70(89)100)127-134(106,141)113-23-46-41(13-54(120-46)91-20-35(6)67(97)86-72(91)102)128-135(107,142)115-25-48-43(15-56(122-48)93-30-81-58-61(75)77-28-79-63(58)93)130-137(109,144)116-26-49-42(14-55(123-49)92-29-80-57-60(74)76-27-78-62(57)92)129-136(108,143)114-24-47-40(12-53(121-47)90-19-34(5)66(96)85-71(90)101)126-133(105,140)112-21-44-38(124-131(103,138)110-7)10-51(118-44)88-17-32(3)64(94)83-69(88)99/h16-20,27-30,36-56H,8-15,21-26H2,1-7H3,(H,103,138)(H,104,139)(H,105,140)(H,106,141)(H,107,142)(H,108,143)(H,109,144)(H2,73,82,98)(H2,74,76,78)(H2,75,77,79)(H,83,94,99)(H,84,95,100)(H,85,96,101)(H,86,97,102)/p-7/t36-,37?,38?,39?,40?,41?,42?,43?,44-,45-,46-,47-,48-,49-,50-,51-,52-,53-,54-,55-,56-,131?,132?,133?,134?,135?,136?,137?/m1/s1. The number of nitrogens with one attached hydrogen (secondary N) is 4. The topological polar surface area (TPSA) is 769 Å². The lowest BCUT2D eigenvalue weighted by atomic mass is 10.1. The Labute approximate surface area is 845 Å². The third-order valence-corrected chi connectivity index (χ3v) is 34.9. The number of hydrogen-bond donors (Lipinski definition) is 7. The van der Waals surface area contributed by atoms with E-state index in [1.54, 1.807) is 13.8 Å². The first kappa shape index (κ1) is 110. The number of nitrogens with zero attached hydrogens (tertiary/aromatic N) is 14. The second kappa shape index (κ2) is 44.4. The maximum absolute atomic E-state index is 15.1. The molecule has 0 radical (unpaired) electrons. The van der Waals surface area contributed by atoms with Crippen LogP contribution < -0.4 is 97.2 Å². The average Bonchev–Trinajstić information content (AvgIpc) is 1.63. The van der Waals surface area contributed by atoms with Crippen molar-refractivity contribution in [3.05, 3.63) is 178 Å². The number of hydrogen-bond acceptors (Lipinski definition) is 54. The first-order valence-electron chi connectivity index (χ1n) is 43.2. The summed E-state index contributed by atoms with van der Waals surface area (Å²) in [6.07, 6.45) is -19.8. The largest absolute Gasteiger partial charge is 0.780 e. The van der Waals surface area contributed by atoms with Crippen molar-refractivity contribution >= 4 is 170 Å². The van der Waals surface area contributed by atoms with E-state index in [4.69, 9.17) is 197 Å². The number of ether oxygens (including phenoxy) is 7. The van der Waals surface area contributed by atoms with Crippen LogP contribution in [0.15, 0.2) is 99.4 Å². The van der Waals surface area contributed by atoms with Crippen molar-refractivity contribution in [1.82, 2.24) is 86.8 Å². The van der Waals surface area contributed by atoms with E-state index in [9.17, 15) is 72.2 Å². The minimum atomic E-state index is -5.03. The highest BCUT2D eigenvalue weighted by atomic mass is 32.7. The van der Waals surface area contributed by atoms with Gasteiger partial charge in [-0.1, -0.05) is 77.8 Å². The molecule has 58 nitrogen and oxygen atoms in total. The molecule has 9 aromatic rings. The summed E-state index contributed by atoms with van der Waals surface area (Å²) in [7, 11) is 1.02. The second-order valence-electron chi connectivity index (χ2n) is 33.6. The van der Waals surface area contributed by atoms with Gasteiger partial charge in [-0.2, -0.15) is 4.98 Å². The fourth-order valence-corrected chi connectivity index (χ4v) is 26.4. The van der Waals surface area contributed by atoms with Crippen LogP contribution in [0.4, 0.5) is 17.5 Å². The Morgan fingerprint density at radius 1 is 0.361 bits per heavy atom. The molecule has 0 spiro atoms. The number of fused-ring (bicyclic) bond motifs is 2. The van der Waals surface area contributed by atoms with E-state index in [-0.39, 0.29) is 94.1 Å². The molecule has 14 unspecified atom stereocenters. The number of anilines is 3. The predicted octanol–water partition coefficient (Wildman–Crippen LogP) is -2.56. The summed E-state index contributed by atoms with van der Waals surface area (Å²) in [4.78, 5) is 241. The Morgan fingerprint density at radius 2 is 0.611 bits per heavy atom. The summed E-state index contributed by atoms with van der Waals surface area (Å²) in [5.41, 5.74) is 11.8. The molecule has 16 heterocycles. The highest BCUT2D eigenvalue weighted by Gasteiger charge is 2.49. The molecule has 7 aliphatic rings. The Balaban J connectivity index is 0.610. The Hall–Kier alpha value is -6.50. The van der Waals surface area contributed by atoms with Crippen LogP contribution >= 0.6 is 47.1 Å². The van der Waals surface area contributed by atoms with Gasteiger partial charge >= 0.3 is 28.4 Å². The Bertz CT molecular complexity index is 7250. The molecule has 0 aromatic carbocycles. The van der Waals surface area contributed by atoms with Crippen LogP contribution in [0.25, 0.3) is 22.3 Å². The second-order valence-corrected chi connectivity index (χ2v) is 52.7. The van der Waals surface area contributed by atoms with Crippen LogP contribution in [-0.2, 0) is 184 Å². The quantitative estimate of drug-likeness (QED) is 0.0153. The molecule has 144 heavy (non-hydrogen) atoms. The van der Waals surface area contributed by atoms with Crippen LogP contribution in [0.1, 0.15) is 130 Å². The first-order valence-corrected chi connectivity index (χ1v) is 61.1. The minimum Gasteiger partial charge on any atom is -0.780 e. The molecule has 7 saturated heterocycles. The fourth-order valence-electron chi connectivity index (χ4n) is 16.7. The van der Waals surface area contributed by atoms with Gasteiger partial charge in [0.15, 0.2) is 29.7 Å². The van der Waals surface area contributed by atoms with Gasteiger partial charge in [0, 0.05) is 111 Å². The molecule has 72 heteroatoms. The van der Waals surface area contributed by atoms with Gasteiger partial charge in [-0.25, -0.2) is 53.9 Å². The highest BCUT2D eigenvalue weighted by molar-refractivity contribution is 8.32. The number of nitrogens with two attached hydrogens (primary N) is 3. The van der Waals surface area contributed by atoms with Gasteiger partial charge in [-0.15, -0.1) is 0 Å². The molecule has 7 fully saturated rings. The molecule has 16 rings (SSSR count). The number of H-pyrrole nitrogens is 4. The summed E-state index contributed by atoms with van der Waals surface area (Å²) < 4.78 is 148. The van der Waals surface area contributed by atoms with Crippen LogP contribution in [-0.4, -0.2) is 219 Å². The van der Waals surface area contributed by atoms with E-state index in [0.717, 1.165) is 50.4 Å². The zero-order chi connectivity index (χ0) is 104. The molecule has 0 aliphatic carbocycles. The van der Waals surface area contributed by atoms with E-state index in [1.807, 2.05) is 0 Å². The van der Waals surface area contributed by atoms with Crippen LogP contribution in [0.3, 0.4) is 0 Å². The number of imidazole rings is 2. The molecule has 10 N–H and O–H groups in total. The number of nitrogen functional groups attached to an aromatic ring is 3. The van der Waals surface area contributed by atoms with Crippen molar-refractivity contribution < 1.29 is 130 Å². The van der Waals surface area contributed by atoms with E-state index in [1.165, 1.54) is 72.6 Å². The maximum atomic E-state index is 15.1. The molecular weight excluding hydrogens is 2190 g/mol. The summed E-state index contributed by atoms with van der Waals surface area (Å²) >= 11 is 37.9. The van der Waals surface area contributed by atoms with E-state index in [2.05, 4.69) is 54.8 Å². The molecule has 9 aromatic heterocycles. The SMILES string of the molecule is CC[C@H]1O[C@@H](n2cc(C)c(N)nc2=O)CC1OP([O-])(=S)OC[C@H]1O[C@@H](n2cc(C)c(=O)[nH]c2=O)CC1OP(=O)([S-])OC[C@H]1O[C@@H](n2cc(C)c(=O)[nH]c2=O)CC1OP([O-])(=S)OC[C@H]1O[C@@H](n2cnc3c(N)ncnc32)CC1OP([O-])(=S)OC[C@H]1O[C@@H](n2cnc3c(N)ncnc32)CC1OP([O-])(=S)OC[C@H]1O[C@@H](n2cc(C)c(=O)[nH]c2=O)CC1OP([O-])(=S)OC[C@H]1O[C@@H](n2cc(C)c(=O)[nH]c2=O)CC1OP([O-])(=S)OC. The van der Waals surface area contributed by atoms with Crippen LogP contribution in [0, 0.1) is 34.6 Å². The summed E-state index contributed by atoms with van der Waals surface area (Å²) in [6, 6.07) is 0. The molecule has 0 amide bonds. The fraction of sp³-hybridized carbons (Fsp3) is 0.583. The highest BCUT2D eigenvalue weighted by Crippen LogP contribution is 2.57. The number of rotatable bonds is 41. The predicted molar refractivity (Wildman–Crippen MR) is 509 cm³/mol.